The summed E-state index contributed by atoms with van der Waals surface area (Å²) in [6, 6.07) is 3.62. The van der Waals surface area contributed by atoms with Gasteiger partial charge in [0.15, 0.2) is 0 Å². The Hall–Kier alpha value is -0.760. The molecule has 8 heteroatoms. The van der Waals surface area contributed by atoms with Crippen LogP contribution in [0.1, 0.15) is 30.1 Å². The minimum Gasteiger partial charge on any atom is -0.478 e. The normalized spacial score (nSPS) is 22.4. The van der Waals surface area contributed by atoms with E-state index in [-0.39, 0.29) is 20.2 Å². The van der Waals surface area contributed by atoms with Gasteiger partial charge < -0.3 is 5.11 Å². The molecule has 1 atom stereocenters. The standard InChI is InChI=1S/C13H16ClNO4S2/c1-13(5-2-6-20-13)8-15-21(18,19)9-3-4-10(12(16)17)11(14)7-9/h3-4,7,15H,2,5-6,8H2,1H3,(H,16,17). The van der Waals surface area contributed by atoms with Crippen molar-refractivity contribution in [2.24, 2.45) is 0 Å². The van der Waals surface area contributed by atoms with Gasteiger partial charge in [-0.1, -0.05) is 11.6 Å². The van der Waals surface area contributed by atoms with Crippen molar-refractivity contribution >= 4 is 39.4 Å². The number of halogens is 1. The number of rotatable bonds is 5. The number of hydrogen-bond acceptors (Lipinski definition) is 4. The largest absolute Gasteiger partial charge is 0.478 e. The van der Waals surface area contributed by atoms with Crippen LogP contribution >= 0.6 is 23.4 Å². The topological polar surface area (TPSA) is 83.5 Å². The lowest BCUT2D eigenvalue weighted by Gasteiger charge is -2.22. The van der Waals surface area contributed by atoms with Crippen LogP contribution < -0.4 is 4.72 Å². The molecule has 1 aromatic rings. The molecule has 1 fully saturated rings. The molecule has 0 spiro atoms. The summed E-state index contributed by atoms with van der Waals surface area (Å²) in [6.07, 6.45) is 2.06. The molecule has 5 nitrogen and oxygen atoms in total. The third kappa shape index (κ3) is 3.91. The summed E-state index contributed by atoms with van der Waals surface area (Å²) in [5, 5.41) is 8.80. The van der Waals surface area contributed by atoms with Gasteiger partial charge in [-0.15, -0.1) is 0 Å². The number of hydrogen-bond donors (Lipinski definition) is 2. The Bertz CT molecular complexity index is 654. The third-order valence-corrected chi connectivity index (χ3v) is 6.67. The van der Waals surface area contributed by atoms with Crippen molar-refractivity contribution in [1.29, 1.82) is 0 Å². The van der Waals surface area contributed by atoms with Crippen LogP contribution in [0.25, 0.3) is 0 Å². The summed E-state index contributed by atoms with van der Waals surface area (Å²) in [7, 11) is -3.69. The molecule has 1 heterocycles. The van der Waals surface area contributed by atoms with E-state index in [1.54, 1.807) is 11.8 Å². The second kappa shape index (κ2) is 6.16. The Kier molecular flexibility index (Phi) is 4.87. The highest BCUT2D eigenvalue weighted by molar-refractivity contribution is 8.01. The van der Waals surface area contributed by atoms with Crippen molar-refractivity contribution in [1.82, 2.24) is 4.72 Å². The molecule has 2 N–H and O–H groups in total. The van der Waals surface area contributed by atoms with Gasteiger partial charge in [0.05, 0.1) is 15.5 Å². The maximum atomic E-state index is 12.2. The van der Waals surface area contributed by atoms with Gasteiger partial charge in [-0.25, -0.2) is 17.9 Å². The van der Waals surface area contributed by atoms with Crippen molar-refractivity contribution in [3.63, 3.8) is 0 Å². The first kappa shape index (κ1) is 16.6. The zero-order valence-corrected chi connectivity index (χ0v) is 13.8. The van der Waals surface area contributed by atoms with Crippen LogP contribution in [-0.2, 0) is 10.0 Å². The molecule has 1 unspecified atom stereocenters. The molecule has 0 radical (unpaired) electrons. The number of carboxylic acid groups (broad SMARTS) is 1. The Morgan fingerprint density at radius 3 is 2.76 bits per heavy atom. The second-order valence-corrected chi connectivity index (χ2v) is 9.03. The highest BCUT2D eigenvalue weighted by Gasteiger charge is 2.31. The van der Waals surface area contributed by atoms with Crippen molar-refractivity contribution in [2.45, 2.75) is 29.4 Å². The van der Waals surface area contributed by atoms with Gasteiger partial charge in [0.2, 0.25) is 10.0 Å². The summed E-state index contributed by atoms with van der Waals surface area (Å²) in [5.74, 6) is -0.149. The van der Waals surface area contributed by atoms with Gasteiger partial charge in [0.25, 0.3) is 0 Å². The van der Waals surface area contributed by atoms with Crippen LogP contribution in [0.5, 0.6) is 0 Å². The minimum absolute atomic E-state index is 0.0240. The highest BCUT2D eigenvalue weighted by atomic mass is 35.5. The van der Waals surface area contributed by atoms with Crippen molar-refractivity contribution < 1.29 is 18.3 Å². The summed E-state index contributed by atoms with van der Waals surface area (Å²) in [4.78, 5) is 10.8. The van der Waals surface area contributed by atoms with Crippen LogP contribution in [-0.4, -0.2) is 36.5 Å². The van der Waals surface area contributed by atoms with E-state index in [1.807, 2.05) is 6.92 Å². The maximum absolute atomic E-state index is 12.2. The third-order valence-electron chi connectivity index (χ3n) is 3.42. The second-order valence-electron chi connectivity index (χ2n) is 5.17. The number of aromatic carboxylic acids is 1. The molecule has 2 rings (SSSR count). The van der Waals surface area contributed by atoms with Gasteiger partial charge in [0.1, 0.15) is 0 Å². The number of sulfonamides is 1. The van der Waals surface area contributed by atoms with Crippen LogP contribution in [0.15, 0.2) is 23.1 Å². The molecule has 0 aliphatic carbocycles. The SMILES string of the molecule is CC1(CNS(=O)(=O)c2ccc(C(=O)O)c(Cl)c2)CCCS1. The van der Waals surface area contributed by atoms with Gasteiger partial charge in [-0.2, -0.15) is 11.8 Å². The molecular formula is C13H16ClNO4S2. The van der Waals surface area contributed by atoms with E-state index >= 15 is 0 Å². The lowest BCUT2D eigenvalue weighted by molar-refractivity contribution is 0.0697. The van der Waals surface area contributed by atoms with Crippen molar-refractivity contribution in [2.75, 3.05) is 12.3 Å². The number of nitrogens with one attached hydrogen (secondary N) is 1. The fraction of sp³-hybridized carbons (Fsp3) is 0.462. The van der Waals surface area contributed by atoms with Gasteiger partial charge in [-0.05, 0) is 43.7 Å². The molecule has 116 valence electrons. The van der Waals surface area contributed by atoms with E-state index < -0.39 is 16.0 Å². The quantitative estimate of drug-likeness (QED) is 0.853. The molecule has 0 saturated carbocycles. The smallest absolute Gasteiger partial charge is 0.337 e. The summed E-state index contributed by atoms with van der Waals surface area (Å²) < 4.78 is 27.0. The van der Waals surface area contributed by atoms with Crippen molar-refractivity contribution in [3.05, 3.63) is 28.8 Å². The lowest BCUT2D eigenvalue weighted by atomic mass is 10.1. The molecule has 1 aliphatic rings. The molecule has 21 heavy (non-hydrogen) atoms. The van der Waals surface area contributed by atoms with Crippen LogP contribution in [0.3, 0.4) is 0 Å². The molecular weight excluding hydrogens is 334 g/mol. The van der Waals surface area contributed by atoms with E-state index in [1.165, 1.54) is 12.1 Å². The zero-order chi connectivity index (χ0) is 15.7. The summed E-state index contributed by atoms with van der Waals surface area (Å²) in [5.41, 5.74) is -0.117. The summed E-state index contributed by atoms with van der Waals surface area (Å²) in [6.45, 7) is 2.38. The molecule has 0 aromatic heterocycles. The Labute approximate surface area is 133 Å². The average Bonchev–Trinajstić information content (AvgIpc) is 2.84. The maximum Gasteiger partial charge on any atom is 0.337 e. The fourth-order valence-corrected chi connectivity index (χ4v) is 5.00. The fourth-order valence-electron chi connectivity index (χ4n) is 2.14. The number of carboxylic acids is 1. The van der Waals surface area contributed by atoms with Gasteiger partial charge in [0, 0.05) is 11.3 Å². The Morgan fingerprint density at radius 1 is 1.52 bits per heavy atom. The van der Waals surface area contributed by atoms with E-state index in [4.69, 9.17) is 16.7 Å². The molecule has 0 bridgehead atoms. The Morgan fingerprint density at radius 2 is 2.24 bits per heavy atom. The predicted octanol–water partition coefficient (Wildman–Crippen LogP) is 2.60. The van der Waals surface area contributed by atoms with Crippen molar-refractivity contribution in [3.8, 4) is 0 Å². The number of thioether (sulfide) groups is 1. The molecule has 0 amide bonds. The summed E-state index contributed by atoms with van der Waals surface area (Å²) >= 11 is 7.57. The highest BCUT2D eigenvalue weighted by Crippen LogP contribution is 2.37. The monoisotopic (exact) mass is 349 g/mol. The van der Waals surface area contributed by atoms with E-state index in [2.05, 4.69) is 4.72 Å². The van der Waals surface area contributed by atoms with E-state index in [0.29, 0.717) is 6.54 Å². The first-order valence-electron chi connectivity index (χ1n) is 6.40. The van der Waals surface area contributed by atoms with Crippen LogP contribution in [0, 0.1) is 0 Å². The average molecular weight is 350 g/mol. The van der Waals surface area contributed by atoms with Gasteiger partial charge in [-0.3, -0.25) is 0 Å². The van der Waals surface area contributed by atoms with Crippen LogP contribution in [0.2, 0.25) is 5.02 Å². The predicted molar refractivity (Wildman–Crippen MR) is 83.7 cm³/mol. The van der Waals surface area contributed by atoms with Crippen LogP contribution in [0.4, 0.5) is 0 Å². The molecule has 1 aromatic carbocycles. The van der Waals surface area contributed by atoms with Gasteiger partial charge >= 0.3 is 5.97 Å². The molecule has 1 saturated heterocycles. The first-order chi connectivity index (χ1) is 9.73. The lowest BCUT2D eigenvalue weighted by Crippen LogP contribution is -2.36. The molecule has 1 aliphatic heterocycles. The first-order valence-corrected chi connectivity index (χ1v) is 9.25. The minimum atomic E-state index is -3.69. The Balaban J connectivity index is 2.16. The number of benzene rings is 1. The number of carbonyl (C=O) groups is 1. The van der Waals surface area contributed by atoms with E-state index in [9.17, 15) is 13.2 Å². The zero-order valence-electron chi connectivity index (χ0n) is 11.4. The van der Waals surface area contributed by atoms with E-state index in [0.717, 1.165) is 24.7 Å².